The Morgan fingerprint density at radius 2 is 2.10 bits per heavy atom. The Morgan fingerprint density at radius 3 is 2.60 bits per heavy atom. The van der Waals surface area contributed by atoms with Crippen LogP contribution in [0.4, 0.5) is 13.2 Å². The van der Waals surface area contributed by atoms with Gasteiger partial charge in [-0.3, -0.25) is 4.98 Å². The van der Waals surface area contributed by atoms with E-state index in [1.54, 1.807) is 11.3 Å². The molecule has 1 unspecified atom stereocenters. The van der Waals surface area contributed by atoms with E-state index in [9.17, 15) is 13.2 Å². The first-order valence-electron chi connectivity index (χ1n) is 6.31. The van der Waals surface area contributed by atoms with Gasteiger partial charge in [0.15, 0.2) is 0 Å². The third-order valence-corrected chi connectivity index (χ3v) is 3.59. The zero-order valence-electron chi connectivity index (χ0n) is 10.9. The van der Waals surface area contributed by atoms with Crippen molar-refractivity contribution in [2.75, 3.05) is 6.54 Å². The summed E-state index contributed by atoms with van der Waals surface area (Å²) in [7, 11) is 0. The predicted octanol–water partition coefficient (Wildman–Crippen LogP) is 4.25. The van der Waals surface area contributed by atoms with Crippen molar-refractivity contribution in [1.29, 1.82) is 0 Å². The fraction of sp³-hybridized carbons (Fsp3) is 0.357. The van der Waals surface area contributed by atoms with Crippen molar-refractivity contribution in [1.82, 2.24) is 10.3 Å². The lowest BCUT2D eigenvalue weighted by Gasteiger charge is -2.17. The van der Waals surface area contributed by atoms with Gasteiger partial charge in [-0.2, -0.15) is 24.5 Å². The summed E-state index contributed by atoms with van der Waals surface area (Å²) in [6.45, 7) is 2.82. The van der Waals surface area contributed by atoms with Gasteiger partial charge in [-0.15, -0.1) is 0 Å². The molecule has 0 amide bonds. The van der Waals surface area contributed by atoms with E-state index < -0.39 is 11.7 Å². The number of hydrogen-bond acceptors (Lipinski definition) is 3. The molecule has 0 fully saturated rings. The zero-order valence-corrected chi connectivity index (χ0v) is 11.8. The van der Waals surface area contributed by atoms with Gasteiger partial charge in [-0.05, 0) is 47.5 Å². The van der Waals surface area contributed by atoms with Crippen LogP contribution < -0.4 is 5.32 Å². The van der Waals surface area contributed by atoms with E-state index in [4.69, 9.17) is 0 Å². The fourth-order valence-corrected chi connectivity index (χ4v) is 2.55. The Kier molecular flexibility index (Phi) is 4.77. The molecule has 0 aliphatic rings. The van der Waals surface area contributed by atoms with Crippen molar-refractivity contribution in [3.63, 3.8) is 0 Å². The average Bonchev–Trinajstić information content (AvgIpc) is 2.93. The highest BCUT2D eigenvalue weighted by Crippen LogP contribution is 2.30. The number of halogens is 3. The molecular weight excluding hydrogens is 285 g/mol. The van der Waals surface area contributed by atoms with Crippen LogP contribution in [0.5, 0.6) is 0 Å². The molecule has 0 saturated carbocycles. The predicted molar refractivity (Wildman–Crippen MR) is 73.7 cm³/mol. The molecule has 108 valence electrons. The summed E-state index contributed by atoms with van der Waals surface area (Å²) in [6.07, 6.45) is -2.51. The second-order valence-electron chi connectivity index (χ2n) is 4.41. The topological polar surface area (TPSA) is 24.9 Å². The van der Waals surface area contributed by atoms with Crippen LogP contribution in [0, 0.1) is 0 Å². The molecule has 20 heavy (non-hydrogen) atoms. The fourth-order valence-electron chi connectivity index (χ4n) is 1.86. The number of nitrogens with zero attached hydrogens (tertiary/aromatic N) is 1. The molecule has 2 heterocycles. The molecule has 2 nitrogen and oxygen atoms in total. The monoisotopic (exact) mass is 300 g/mol. The lowest BCUT2D eigenvalue weighted by molar-refractivity contribution is -0.137. The summed E-state index contributed by atoms with van der Waals surface area (Å²) in [5.74, 6) is 0. The third-order valence-electron chi connectivity index (χ3n) is 2.88. The number of pyridine rings is 1. The van der Waals surface area contributed by atoms with E-state index in [0.717, 1.165) is 30.8 Å². The van der Waals surface area contributed by atoms with Gasteiger partial charge in [0.1, 0.15) is 0 Å². The first-order chi connectivity index (χ1) is 9.52. The molecular formula is C14H15F3N2S. The highest BCUT2D eigenvalue weighted by atomic mass is 32.1. The van der Waals surface area contributed by atoms with E-state index in [1.807, 2.05) is 23.8 Å². The molecule has 1 atom stereocenters. The highest BCUT2D eigenvalue weighted by molar-refractivity contribution is 7.08. The van der Waals surface area contributed by atoms with Gasteiger partial charge >= 0.3 is 6.18 Å². The van der Waals surface area contributed by atoms with E-state index in [1.165, 1.54) is 6.07 Å². The van der Waals surface area contributed by atoms with Crippen LogP contribution in [0.25, 0.3) is 0 Å². The van der Waals surface area contributed by atoms with Gasteiger partial charge in [-0.25, -0.2) is 0 Å². The first-order valence-corrected chi connectivity index (χ1v) is 7.25. The molecule has 2 aromatic heterocycles. The largest absolute Gasteiger partial charge is 0.417 e. The number of aromatic nitrogens is 1. The minimum atomic E-state index is -4.35. The maximum absolute atomic E-state index is 12.5. The van der Waals surface area contributed by atoms with Crippen LogP contribution in [0.3, 0.4) is 0 Å². The van der Waals surface area contributed by atoms with Gasteiger partial charge in [0.2, 0.25) is 0 Å². The second-order valence-corrected chi connectivity index (χ2v) is 5.19. The zero-order chi connectivity index (χ0) is 14.6. The van der Waals surface area contributed by atoms with Gasteiger partial charge < -0.3 is 5.32 Å². The smallest absolute Gasteiger partial charge is 0.305 e. The summed E-state index contributed by atoms with van der Waals surface area (Å²) in [5, 5.41) is 7.23. The Balaban J connectivity index is 2.25. The minimum absolute atomic E-state index is 0.163. The first kappa shape index (κ1) is 15.0. The van der Waals surface area contributed by atoms with E-state index in [2.05, 4.69) is 10.3 Å². The van der Waals surface area contributed by atoms with E-state index in [-0.39, 0.29) is 6.04 Å². The summed E-state index contributed by atoms with van der Waals surface area (Å²) >= 11 is 1.56. The minimum Gasteiger partial charge on any atom is -0.305 e. The van der Waals surface area contributed by atoms with Crippen LogP contribution >= 0.6 is 11.3 Å². The lowest BCUT2D eigenvalue weighted by Crippen LogP contribution is -2.23. The normalized spacial score (nSPS) is 13.4. The van der Waals surface area contributed by atoms with Crippen LogP contribution in [0.2, 0.25) is 0 Å². The molecule has 0 spiro atoms. The Labute approximate surface area is 119 Å². The number of nitrogens with one attached hydrogen (secondary N) is 1. The Morgan fingerprint density at radius 1 is 1.30 bits per heavy atom. The Bertz CT molecular complexity index is 520. The summed E-state index contributed by atoms with van der Waals surface area (Å²) in [6, 6.07) is 4.31. The van der Waals surface area contributed by atoms with Gasteiger partial charge in [-0.1, -0.05) is 6.92 Å². The van der Waals surface area contributed by atoms with Crippen molar-refractivity contribution in [2.24, 2.45) is 0 Å². The molecule has 0 radical (unpaired) electrons. The number of hydrogen-bond donors (Lipinski definition) is 1. The molecule has 0 aromatic carbocycles. The van der Waals surface area contributed by atoms with E-state index >= 15 is 0 Å². The second kappa shape index (κ2) is 6.37. The van der Waals surface area contributed by atoms with Gasteiger partial charge in [0.25, 0.3) is 0 Å². The average molecular weight is 300 g/mol. The van der Waals surface area contributed by atoms with Crippen LogP contribution in [0.1, 0.15) is 36.2 Å². The summed E-state index contributed by atoms with van der Waals surface area (Å²) < 4.78 is 37.6. The molecule has 2 rings (SSSR count). The Hall–Kier alpha value is -1.40. The van der Waals surface area contributed by atoms with Crippen molar-refractivity contribution < 1.29 is 13.2 Å². The molecule has 2 aromatic rings. The maximum atomic E-state index is 12.5. The molecule has 6 heteroatoms. The summed E-state index contributed by atoms with van der Waals surface area (Å²) in [5.41, 5.74) is 0.904. The quantitative estimate of drug-likeness (QED) is 0.893. The van der Waals surface area contributed by atoms with Crippen LogP contribution in [-0.2, 0) is 6.18 Å². The van der Waals surface area contributed by atoms with Crippen molar-refractivity contribution >= 4 is 11.3 Å². The van der Waals surface area contributed by atoms with Crippen molar-refractivity contribution in [3.8, 4) is 0 Å². The molecule has 0 bridgehead atoms. The van der Waals surface area contributed by atoms with Crippen LogP contribution in [-0.4, -0.2) is 11.5 Å². The van der Waals surface area contributed by atoms with E-state index in [0.29, 0.717) is 5.69 Å². The van der Waals surface area contributed by atoms with Crippen molar-refractivity contribution in [3.05, 3.63) is 52.0 Å². The molecule has 0 aliphatic heterocycles. The number of rotatable bonds is 5. The number of thiophene rings is 1. The standard InChI is InChI=1S/C14H15F3N2S/c1-2-6-18-13(10-5-7-20-9-10)12-4-3-11(8-19-12)14(15,16)17/h3-5,7-9,13,18H,2,6H2,1H3. The van der Waals surface area contributed by atoms with Crippen molar-refractivity contribution in [2.45, 2.75) is 25.6 Å². The number of alkyl halides is 3. The summed E-state index contributed by atoms with van der Waals surface area (Å²) in [4.78, 5) is 3.98. The molecule has 0 saturated heterocycles. The van der Waals surface area contributed by atoms with Gasteiger partial charge in [0, 0.05) is 6.20 Å². The molecule has 1 N–H and O–H groups in total. The van der Waals surface area contributed by atoms with Gasteiger partial charge in [0.05, 0.1) is 17.3 Å². The SMILES string of the molecule is CCCNC(c1ccsc1)c1ccc(C(F)(F)F)cn1. The third kappa shape index (κ3) is 3.58. The van der Waals surface area contributed by atoms with Crippen LogP contribution in [0.15, 0.2) is 35.2 Å². The molecule has 0 aliphatic carbocycles. The lowest BCUT2D eigenvalue weighted by atomic mass is 10.1. The maximum Gasteiger partial charge on any atom is 0.417 e. The highest BCUT2D eigenvalue weighted by Gasteiger charge is 2.31.